The molecule has 0 bridgehead atoms. The number of aryl methyl sites for hydroxylation is 1. The number of halogens is 3. The summed E-state index contributed by atoms with van der Waals surface area (Å²) in [4.78, 5) is 0. The highest BCUT2D eigenvalue weighted by atomic mass is 19.4. The summed E-state index contributed by atoms with van der Waals surface area (Å²) in [6, 6.07) is 17.3. The molecule has 2 aromatic rings. The molecule has 3 heteroatoms. The molecule has 3 rings (SSSR count). The first-order valence-electron chi connectivity index (χ1n) is 12.7. The van der Waals surface area contributed by atoms with Gasteiger partial charge in [-0.15, -0.1) is 0 Å². The molecule has 1 saturated carbocycles. The maximum atomic E-state index is 12.3. The maximum absolute atomic E-state index is 12.3. The lowest BCUT2D eigenvalue weighted by molar-refractivity contribution is -0.135. The van der Waals surface area contributed by atoms with Gasteiger partial charge in [0.05, 0.1) is 0 Å². The van der Waals surface area contributed by atoms with Gasteiger partial charge in [0.15, 0.2) is 0 Å². The van der Waals surface area contributed by atoms with E-state index in [9.17, 15) is 13.2 Å². The quantitative estimate of drug-likeness (QED) is 0.302. The van der Waals surface area contributed by atoms with Crippen LogP contribution in [0.2, 0.25) is 0 Å². The lowest BCUT2D eigenvalue weighted by atomic mass is 9.75. The highest BCUT2D eigenvalue weighted by Gasteiger charge is 2.26. The van der Waals surface area contributed by atoms with Crippen LogP contribution in [0.5, 0.6) is 0 Å². The molecule has 0 N–H and O–H groups in total. The predicted octanol–water partition coefficient (Wildman–Crippen LogP) is 9.87. The molecule has 176 valence electrons. The fourth-order valence-corrected chi connectivity index (χ4v) is 5.24. The number of hydrogen-bond donors (Lipinski definition) is 0. The number of benzene rings is 2. The van der Waals surface area contributed by atoms with E-state index in [4.69, 9.17) is 0 Å². The fourth-order valence-electron chi connectivity index (χ4n) is 5.24. The van der Waals surface area contributed by atoms with E-state index in [1.807, 2.05) is 0 Å². The van der Waals surface area contributed by atoms with Crippen LogP contribution in [-0.2, 0) is 6.42 Å². The van der Waals surface area contributed by atoms with Gasteiger partial charge in [-0.25, -0.2) is 0 Å². The smallest absolute Gasteiger partial charge is 0.171 e. The summed E-state index contributed by atoms with van der Waals surface area (Å²) in [5, 5.41) is 0. The lowest BCUT2D eigenvalue weighted by Crippen LogP contribution is -2.14. The van der Waals surface area contributed by atoms with Crippen molar-refractivity contribution in [2.45, 2.75) is 102 Å². The molecule has 1 aliphatic carbocycles. The average Bonchev–Trinajstić information content (AvgIpc) is 2.80. The zero-order chi connectivity index (χ0) is 22.8. The van der Waals surface area contributed by atoms with Crippen molar-refractivity contribution in [3.05, 3.63) is 59.7 Å². The Kier molecular flexibility index (Phi) is 9.69. The van der Waals surface area contributed by atoms with Crippen LogP contribution in [0, 0.1) is 5.92 Å². The summed E-state index contributed by atoms with van der Waals surface area (Å²) in [7, 11) is 0. The van der Waals surface area contributed by atoms with Crippen LogP contribution >= 0.6 is 0 Å². The van der Waals surface area contributed by atoms with Crippen molar-refractivity contribution in [2.24, 2.45) is 5.92 Å². The number of unbranched alkanes of at least 4 members (excludes halogenated alkanes) is 4. The van der Waals surface area contributed by atoms with Gasteiger partial charge in [0, 0.05) is 6.42 Å². The molecule has 0 aromatic heterocycles. The van der Waals surface area contributed by atoms with Gasteiger partial charge in [0.25, 0.3) is 0 Å². The highest BCUT2D eigenvalue weighted by Crippen LogP contribution is 2.41. The molecule has 0 unspecified atom stereocenters. The van der Waals surface area contributed by atoms with E-state index in [0.29, 0.717) is 18.8 Å². The van der Waals surface area contributed by atoms with Gasteiger partial charge in [-0.1, -0.05) is 87.6 Å². The minimum atomic E-state index is -4.04. The standard InChI is InChI=1S/C29H39F3/c1-2-3-4-5-10-23-14-18-25(19-15-23)27-12-6-7-13-28(27)26-20-16-24(17-21-26)11-8-9-22-29(30,31)32/h6-7,12-13,16-17,20-21,23,25H,2-5,8-11,14-15,18-19,22H2,1H3. The molecular formula is C29H39F3. The first-order chi connectivity index (χ1) is 15.5. The topological polar surface area (TPSA) is 0 Å². The number of rotatable bonds is 11. The third-order valence-electron chi connectivity index (χ3n) is 7.15. The fraction of sp³-hybridized carbons (Fsp3) is 0.586. The van der Waals surface area contributed by atoms with E-state index < -0.39 is 12.6 Å². The van der Waals surface area contributed by atoms with Crippen molar-refractivity contribution in [3.8, 4) is 11.1 Å². The Morgan fingerprint density at radius 2 is 1.50 bits per heavy atom. The van der Waals surface area contributed by atoms with Crippen LogP contribution in [0.3, 0.4) is 0 Å². The van der Waals surface area contributed by atoms with Crippen molar-refractivity contribution < 1.29 is 13.2 Å². The van der Waals surface area contributed by atoms with Crippen LogP contribution in [0.1, 0.15) is 101 Å². The number of alkyl halides is 3. The molecule has 0 amide bonds. The van der Waals surface area contributed by atoms with Crippen molar-refractivity contribution in [1.29, 1.82) is 0 Å². The van der Waals surface area contributed by atoms with Crippen molar-refractivity contribution in [3.63, 3.8) is 0 Å². The van der Waals surface area contributed by atoms with Crippen molar-refractivity contribution in [1.82, 2.24) is 0 Å². The van der Waals surface area contributed by atoms with E-state index in [1.165, 1.54) is 74.5 Å². The Hall–Kier alpha value is -1.77. The summed E-state index contributed by atoms with van der Waals surface area (Å²) >= 11 is 0. The Bertz CT molecular complexity index is 783. The second-order valence-electron chi connectivity index (χ2n) is 9.67. The Balaban J connectivity index is 1.55. The molecule has 0 atom stereocenters. The Morgan fingerprint density at radius 3 is 2.19 bits per heavy atom. The predicted molar refractivity (Wildman–Crippen MR) is 129 cm³/mol. The number of hydrogen-bond acceptors (Lipinski definition) is 0. The molecule has 1 aliphatic rings. The van der Waals surface area contributed by atoms with Gasteiger partial charge in [-0.3, -0.25) is 0 Å². The maximum Gasteiger partial charge on any atom is 0.389 e. The van der Waals surface area contributed by atoms with Crippen LogP contribution in [0.25, 0.3) is 11.1 Å². The van der Waals surface area contributed by atoms with Crippen molar-refractivity contribution in [2.75, 3.05) is 0 Å². The summed E-state index contributed by atoms with van der Waals surface area (Å²) < 4.78 is 37.0. The summed E-state index contributed by atoms with van der Waals surface area (Å²) in [6.45, 7) is 2.27. The van der Waals surface area contributed by atoms with Crippen molar-refractivity contribution >= 4 is 0 Å². The van der Waals surface area contributed by atoms with Gasteiger partial charge in [0.1, 0.15) is 0 Å². The average molecular weight is 445 g/mol. The molecule has 0 saturated heterocycles. The molecule has 1 fully saturated rings. The molecule has 0 nitrogen and oxygen atoms in total. The minimum absolute atomic E-state index is 0.204. The van der Waals surface area contributed by atoms with Crippen LogP contribution in [0.15, 0.2) is 48.5 Å². The monoisotopic (exact) mass is 444 g/mol. The second kappa shape index (κ2) is 12.5. The van der Waals surface area contributed by atoms with E-state index in [1.54, 1.807) is 0 Å². The summed E-state index contributed by atoms with van der Waals surface area (Å²) in [5.74, 6) is 1.55. The van der Waals surface area contributed by atoms with Crippen LogP contribution < -0.4 is 0 Å². The largest absolute Gasteiger partial charge is 0.389 e. The third kappa shape index (κ3) is 7.98. The molecule has 0 radical (unpaired) electrons. The zero-order valence-corrected chi connectivity index (χ0v) is 19.6. The molecule has 0 spiro atoms. The zero-order valence-electron chi connectivity index (χ0n) is 19.6. The lowest BCUT2D eigenvalue weighted by Gasteiger charge is -2.30. The van der Waals surface area contributed by atoms with Gasteiger partial charge in [0.2, 0.25) is 0 Å². The van der Waals surface area contributed by atoms with Gasteiger partial charge >= 0.3 is 6.18 Å². The SMILES string of the molecule is CCCCCCC1CCC(c2ccccc2-c2ccc(CCCCC(F)(F)F)cc2)CC1. The van der Waals surface area contributed by atoms with E-state index in [2.05, 4.69) is 55.5 Å². The molecule has 32 heavy (non-hydrogen) atoms. The molecule has 2 aromatic carbocycles. The van der Waals surface area contributed by atoms with Crippen LogP contribution in [0.4, 0.5) is 13.2 Å². The third-order valence-corrected chi connectivity index (χ3v) is 7.15. The van der Waals surface area contributed by atoms with Gasteiger partial charge < -0.3 is 0 Å². The van der Waals surface area contributed by atoms with Gasteiger partial charge in [-0.05, 0) is 79.0 Å². The van der Waals surface area contributed by atoms with E-state index >= 15 is 0 Å². The first kappa shape index (κ1) is 24.9. The molecule has 0 heterocycles. The molecular weight excluding hydrogens is 405 g/mol. The highest BCUT2D eigenvalue weighted by molar-refractivity contribution is 5.68. The van der Waals surface area contributed by atoms with Gasteiger partial charge in [-0.2, -0.15) is 13.2 Å². The summed E-state index contributed by atoms with van der Waals surface area (Å²) in [6.07, 6.45) is 8.90. The van der Waals surface area contributed by atoms with E-state index in [-0.39, 0.29) is 6.42 Å². The second-order valence-corrected chi connectivity index (χ2v) is 9.67. The Morgan fingerprint density at radius 1 is 0.781 bits per heavy atom. The first-order valence-corrected chi connectivity index (χ1v) is 12.7. The normalized spacial score (nSPS) is 19.2. The van der Waals surface area contributed by atoms with E-state index in [0.717, 1.165) is 11.5 Å². The Labute approximate surface area is 192 Å². The minimum Gasteiger partial charge on any atom is -0.171 e. The summed E-state index contributed by atoms with van der Waals surface area (Å²) in [5.41, 5.74) is 5.13. The molecule has 0 aliphatic heterocycles. The van der Waals surface area contributed by atoms with Crippen LogP contribution in [-0.4, -0.2) is 6.18 Å².